The summed E-state index contributed by atoms with van der Waals surface area (Å²) in [7, 11) is 2.16. The van der Waals surface area contributed by atoms with Crippen LogP contribution in [-0.2, 0) is 17.9 Å². The van der Waals surface area contributed by atoms with Crippen LogP contribution in [-0.4, -0.2) is 55.5 Å². The number of hydrogen-bond donors (Lipinski definition) is 1. The highest BCUT2D eigenvalue weighted by atomic mass is 35.5. The lowest BCUT2D eigenvalue weighted by atomic mass is 10.1. The zero-order chi connectivity index (χ0) is 19.9. The van der Waals surface area contributed by atoms with Crippen molar-refractivity contribution in [3.8, 4) is 5.75 Å². The van der Waals surface area contributed by atoms with Crippen molar-refractivity contribution in [2.45, 2.75) is 13.1 Å². The third-order valence-corrected chi connectivity index (χ3v) is 5.48. The zero-order valence-electron chi connectivity index (χ0n) is 16.0. The number of benzene rings is 2. The standard InChI is InChI=1S/C21H25Cl2N3O2/c1-25-7-9-26(10-8-25)14-17-4-2-3-16(11-17)13-24-21(27)15-28-18-5-6-19(22)20(23)12-18/h2-6,11-12H,7-10,13-15H2,1H3,(H,24,27). The van der Waals surface area contributed by atoms with E-state index in [0.29, 0.717) is 22.3 Å². The number of piperazine rings is 1. The van der Waals surface area contributed by atoms with Crippen molar-refractivity contribution < 1.29 is 9.53 Å². The van der Waals surface area contributed by atoms with E-state index in [1.165, 1.54) is 5.56 Å². The third-order valence-electron chi connectivity index (χ3n) is 4.74. The van der Waals surface area contributed by atoms with Gasteiger partial charge in [-0.15, -0.1) is 0 Å². The summed E-state index contributed by atoms with van der Waals surface area (Å²) < 4.78 is 5.46. The molecule has 0 bridgehead atoms. The van der Waals surface area contributed by atoms with Gasteiger partial charge in [0.05, 0.1) is 10.0 Å². The van der Waals surface area contributed by atoms with E-state index in [2.05, 4.69) is 34.3 Å². The fourth-order valence-corrected chi connectivity index (χ4v) is 3.36. The molecule has 3 rings (SSSR count). The maximum Gasteiger partial charge on any atom is 0.258 e. The zero-order valence-corrected chi connectivity index (χ0v) is 17.5. The molecule has 2 aromatic rings. The van der Waals surface area contributed by atoms with Crippen molar-refractivity contribution in [3.63, 3.8) is 0 Å². The quantitative estimate of drug-likeness (QED) is 0.743. The summed E-state index contributed by atoms with van der Waals surface area (Å²) >= 11 is 11.8. The Hall–Kier alpha value is -1.79. The predicted octanol–water partition coefficient (Wildman–Crippen LogP) is 3.44. The van der Waals surface area contributed by atoms with E-state index in [0.717, 1.165) is 38.3 Å². The average molecular weight is 422 g/mol. The average Bonchev–Trinajstić information content (AvgIpc) is 2.69. The van der Waals surface area contributed by atoms with Crippen LogP contribution in [0.5, 0.6) is 5.75 Å². The van der Waals surface area contributed by atoms with Gasteiger partial charge in [0.2, 0.25) is 0 Å². The highest BCUT2D eigenvalue weighted by Crippen LogP contribution is 2.26. The van der Waals surface area contributed by atoms with E-state index < -0.39 is 0 Å². The monoisotopic (exact) mass is 421 g/mol. The van der Waals surface area contributed by atoms with Crippen molar-refractivity contribution in [2.24, 2.45) is 0 Å². The first kappa shape index (κ1) is 20.9. The minimum absolute atomic E-state index is 0.0705. The molecule has 150 valence electrons. The molecule has 1 heterocycles. The number of carbonyl (C=O) groups excluding carboxylic acids is 1. The molecule has 2 aromatic carbocycles. The Bertz CT molecular complexity index is 808. The molecular weight excluding hydrogens is 397 g/mol. The molecular formula is C21H25Cl2N3O2. The van der Waals surface area contributed by atoms with Crippen LogP contribution in [0.25, 0.3) is 0 Å². The maximum atomic E-state index is 12.1. The summed E-state index contributed by atoms with van der Waals surface area (Å²) in [6.45, 7) is 5.73. The maximum absolute atomic E-state index is 12.1. The third kappa shape index (κ3) is 6.38. The first-order chi connectivity index (χ1) is 13.5. The van der Waals surface area contributed by atoms with Gasteiger partial charge < -0.3 is 15.0 Å². The van der Waals surface area contributed by atoms with Crippen LogP contribution in [0.4, 0.5) is 0 Å². The van der Waals surface area contributed by atoms with E-state index in [1.54, 1.807) is 18.2 Å². The minimum atomic E-state index is -0.185. The summed E-state index contributed by atoms with van der Waals surface area (Å²) in [4.78, 5) is 16.9. The second-order valence-corrected chi connectivity index (χ2v) is 7.86. The van der Waals surface area contributed by atoms with Gasteiger partial charge in [0.1, 0.15) is 5.75 Å². The van der Waals surface area contributed by atoms with Crippen LogP contribution in [0, 0.1) is 0 Å². The van der Waals surface area contributed by atoms with Crippen LogP contribution in [0.2, 0.25) is 10.0 Å². The number of nitrogens with zero attached hydrogens (tertiary/aromatic N) is 2. The number of ether oxygens (including phenoxy) is 1. The summed E-state index contributed by atoms with van der Waals surface area (Å²) in [5, 5.41) is 3.74. The molecule has 1 amide bonds. The Balaban J connectivity index is 1.44. The molecule has 1 aliphatic rings. The molecule has 1 N–H and O–H groups in total. The van der Waals surface area contributed by atoms with Gasteiger partial charge in [-0.25, -0.2) is 0 Å². The lowest BCUT2D eigenvalue weighted by molar-refractivity contribution is -0.123. The molecule has 7 heteroatoms. The first-order valence-corrected chi connectivity index (χ1v) is 10.1. The second-order valence-electron chi connectivity index (χ2n) is 7.04. The second kappa shape index (κ2) is 10.1. The molecule has 1 saturated heterocycles. The molecule has 1 aliphatic heterocycles. The highest BCUT2D eigenvalue weighted by Gasteiger charge is 2.14. The van der Waals surface area contributed by atoms with Gasteiger partial charge in [0.15, 0.2) is 6.61 Å². The van der Waals surface area contributed by atoms with E-state index in [9.17, 15) is 4.79 Å². The van der Waals surface area contributed by atoms with Crippen LogP contribution in [0.3, 0.4) is 0 Å². The van der Waals surface area contributed by atoms with E-state index in [4.69, 9.17) is 27.9 Å². The van der Waals surface area contributed by atoms with Gasteiger partial charge in [0.25, 0.3) is 5.91 Å². The minimum Gasteiger partial charge on any atom is -0.484 e. The molecule has 0 aromatic heterocycles. The molecule has 0 unspecified atom stereocenters. The summed E-state index contributed by atoms with van der Waals surface area (Å²) in [5.41, 5.74) is 2.35. The van der Waals surface area contributed by atoms with Crippen molar-refractivity contribution in [1.82, 2.24) is 15.1 Å². The SMILES string of the molecule is CN1CCN(Cc2cccc(CNC(=O)COc3ccc(Cl)c(Cl)c3)c2)CC1. The van der Waals surface area contributed by atoms with E-state index in [1.807, 2.05) is 12.1 Å². The Labute approximate surface area is 176 Å². The van der Waals surface area contributed by atoms with Gasteiger partial charge >= 0.3 is 0 Å². The molecule has 0 spiro atoms. The van der Waals surface area contributed by atoms with Crippen molar-refractivity contribution >= 4 is 29.1 Å². The summed E-state index contributed by atoms with van der Waals surface area (Å²) in [6, 6.07) is 13.3. The van der Waals surface area contributed by atoms with Gasteiger partial charge in [-0.2, -0.15) is 0 Å². The van der Waals surface area contributed by atoms with Crippen LogP contribution >= 0.6 is 23.2 Å². The van der Waals surface area contributed by atoms with Gasteiger partial charge in [-0.3, -0.25) is 9.69 Å². The normalized spacial score (nSPS) is 15.4. The predicted molar refractivity (Wildman–Crippen MR) is 113 cm³/mol. The number of rotatable bonds is 7. The van der Waals surface area contributed by atoms with Gasteiger partial charge in [-0.1, -0.05) is 47.5 Å². The number of amides is 1. The van der Waals surface area contributed by atoms with Crippen molar-refractivity contribution in [2.75, 3.05) is 39.8 Å². The largest absolute Gasteiger partial charge is 0.484 e. The van der Waals surface area contributed by atoms with Crippen LogP contribution in [0.1, 0.15) is 11.1 Å². The Morgan fingerprint density at radius 3 is 2.54 bits per heavy atom. The van der Waals surface area contributed by atoms with Gasteiger partial charge in [-0.05, 0) is 30.3 Å². The first-order valence-electron chi connectivity index (χ1n) is 9.33. The number of carbonyl (C=O) groups is 1. The lowest BCUT2D eigenvalue weighted by Gasteiger charge is -2.32. The lowest BCUT2D eigenvalue weighted by Crippen LogP contribution is -2.43. The highest BCUT2D eigenvalue weighted by molar-refractivity contribution is 6.42. The van der Waals surface area contributed by atoms with E-state index in [-0.39, 0.29) is 12.5 Å². The van der Waals surface area contributed by atoms with Crippen molar-refractivity contribution in [1.29, 1.82) is 0 Å². The van der Waals surface area contributed by atoms with Crippen LogP contribution in [0.15, 0.2) is 42.5 Å². The molecule has 0 atom stereocenters. The number of likely N-dealkylation sites (N-methyl/N-ethyl adjacent to an activating group) is 1. The topological polar surface area (TPSA) is 44.8 Å². The fraction of sp³-hybridized carbons (Fsp3) is 0.381. The molecule has 0 aliphatic carbocycles. The molecule has 0 saturated carbocycles. The van der Waals surface area contributed by atoms with Crippen LogP contribution < -0.4 is 10.1 Å². The van der Waals surface area contributed by atoms with Crippen molar-refractivity contribution in [3.05, 3.63) is 63.6 Å². The Morgan fingerprint density at radius 1 is 1.04 bits per heavy atom. The number of halogens is 2. The fourth-order valence-electron chi connectivity index (χ4n) is 3.07. The summed E-state index contributed by atoms with van der Waals surface area (Å²) in [5.74, 6) is 0.328. The summed E-state index contributed by atoms with van der Waals surface area (Å²) in [6.07, 6.45) is 0. The number of hydrogen-bond acceptors (Lipinski definition) is 4. The molecule has 0 radical (unpaired) electrons. The Morgan fingerprint density at radius 2 is 1.79 bits per heavy atom. The van der Waals surface area contributed by atoms with E-state index >= 15 is 0 Å². The van der Waals surface area contributed by atoms with Gasteiger partial charge in [0, 0.05) is 45.3 Å². The molecule has 28 heavy (non-hydrogen) atoms. The molecule has 5 nitrogen and oxygen atoms in total. The molecule has 1 fully saturated rings. The Kier molecular flexibility index (Phi) is 7.57. The smallest absolute Gasteiger partial charge is 0.258 e. The number of nitrogens with one attached hydrogen (secondary N) is 1.